The summed E-state index contributed by atoms with van der Waals surface area (Å²) in [6.45, 7) is 0. The Morgan fingerprint density at radius 2 is 1.80 bits per heavy atom. The minimum atomic E-state index is 0.467. The molecule has 0 saturated heterocycles. The van der Waals surface area contributed by atoms with E-state index >= 15 is 0 Å². The van der Waals surface area contributed by atoms with Crippen LogP contribution in [0.15, 0.2) is 24.8 Å². The van der Waals surface area contributed by atoms with E-state index in [2.05, 4.69) is 15.2 Å². The summed E-state index contributed by atoms with van der Waals surface area (Å²) >= 11 is 0. The number of ether oxygens (including phenoxy) is 2. The molecule has 2 aromatic heterocycles. The van der Waals surface area contributed by atoms with Gasteiger partial charge in [0.15, 0.2) is 0 Å². The minimum Gasteiger partial charge on any atom is -0.481 e. The van der Waals surface area contributed by atoms with Gasteiger partial charge in [0.25, 0.3) is 0 Å². The van der Waals surface area contributed by atoms with Gasteiger partial charge in [0.2, 0.25) is 11.8 Å². The van der Waals surface area contributed by atoms with Crippen molar-refractivity contribution in [3.05, 3.63) is 24.8 Å². The molecule has 0 aromatic carbocycles. The third-order valence-corrected chi connectivity index (χ3v) is 1.91. The Bertz CT molecular complexity index is 441. The van der Waals surface area contributed by atoms with Crippen molar-refractivity contribution in [1.82, 2.24) is 19.7 Å². The van der Waals surface area contributed by atoms with Crippen LogP contribution in [0.2, 0.25) is 0 Å². The summed E-state index contributed by atoms with van der Waals surface area (Å²) in [7, 11) is 3.11. The van der Waals surface area contributed by atoms with Crippen LogP contribution in [0.5, 0.6) is 11.8 Å². The lowest BCUT2D eigenvalue weighted by atomic mass is 10.4. The van der Waals surface area contributed by atoms with E-state index in [1.54, 1.807) is 37.5 Å². The second-order valence-electron chi connectivity index (χ2n) is 2.75. The highest BCUT2D eigenvalue weighted by Gasteiger charge is 2.08. The Morgan fingerprint density at radius 1 is 1.07 bits per heavy atom. The second-order valence-corrected chi connectivity index (χ2v) is 2.75. The van der Waals surface area contributed by atoms with Gasteiger partial charge in [0.1, 0.15) is 18.3 Å². The molecular weight excluding hydrogens is 196 g/mol. The molecule has 6 nitrogen and oxygen atoms in total. The highest BCUT2D eigenvalue weighted by molar-refractivity contribution is 5.43. The van der Waals surface area contributed by atoms with E-state index in [1.165, 1.54) is 0 Å². The summed E-state index contributed by atoms with van der Waals surface area (Å²) in [6.07, 6.45) is 3.15. The third kappa shape index (κ3) is 1.74. The normalized spacial score (nSPS) is 10.0. The second kappa shape index (κ2) is 3.95. The fraction of sp³-hybridized carbons (Fsp3) is 0.222. The molecule has 0 aliphatic rings. The van der Waals surface area contributed by atoms with Gasteiger partial charge in [-0.2, -0.15) is 4.98 Å². The minimum absolute atomic E-state index is 0.467. The van der Waals surface area contributed by atoms with Gasteiger partial charge in [-0.3, -0.25) is 4.57 Å². The van der Waals surface area contributed by atoms with Gasteiger partial charge >= 0.3 is 0 Å². The molecule has 0 saturated carbocycles. The lowest BCUT2D eigenvalue weighted by Gasteiger charge is -2.08. The van der Waals surface area contributed by atoms with Gasteiger partial charge in [-0.25, -0.2) is 0 Å². The van der Waals surface area contributed by atoms with Crippen molar-refractivity contribution in [3.63, 3.8) is 0 Å². The summed E-state index contributed by atoms with van der Waals surface area (Å²) in [5, 5.41) is 7.43. The highest BCUT2D eigenvalue weighted by Crippen LogP contribution is 2.22. The summed E-state index contributed by atoms with van der Waals surface area (Å²) in [4.78, 5) is 4.14. The third-order valence-electron chi connectivity index (χ3n) is 1.91. The Morgan fingerprint density at radius 3 is 2.40 bits per heavy atom. The average molecular weight is 206 g/mol. The molecule has 0 aliphatic heterocycles. The van der Waals surface area contributed by atoms with Crippen LogP contribution < -0.4 is 9.47 Å². The van der Waals surface area contributed by atoms with Crippen molar-refractivity contribution < 1.29 is 9.47 Å². The summed E-state index contributed by atoms with van der Waals surface area (Å²) in [5.74, 6) is 0.970. The fourth-order valence-electron chi connectivity index (χ4n) is 1.20. The number of nitrogens with zero attached hydrogens (tertiary/aromatic N) is 4. The van der Waals surface area contributed by atoms with Crippen LogP contribution in [0, 0.1) is 0 Å². The van der Waals surface area contributed by atoms with E-state index < -0.39 is 0 Å². The molecular formula is C9H10N4O2. The molecule has 0 radical (unpaired) electrons. The van der Waals surface area contributed by atoms with Crippen LogP contribution >= 0.6 is 0 Å². The molecule has 0 N–H and O–H groups in total. The van der Waals surface area contributed by atoms with Crippen LogP contribution in [0.1, 0.15) is 0 Å². The number of aromatic nitrogens is 4. The first-order chi connectivity index (χ1) is 7.35. The van der Waals surface area contributed by atoms with E-state index in [0.29, 0.717) is 11.8 Å². The SMILES string of the molecule is COc1ccc(-n2cnnc2)c(OC)n1. The molecule has 0 atom stereocenters. The van der Waals surface area contributed by atoms with Gasteiger partial charge in [-0.15, -0.1) is 10.2 Å². The first kappa shape index (κ1) is 9.45. The Balaban J connectivity index is 2.48. The zero-order valence-electron chi connectivity index (χ0n) is 8.41. The van der Waals surface area contributed by atoms with Gasteiger partial charge in [0.05, 0.1) is 14.2 Å². The van der Waals surface area contributed by atoms with Crippen LogP contribution in [0.4, 0.5) is 0 Å². The molecule has 2 heterocycles. The van der Waals surface area contributed by atoms with Crippen molar-refractivity contribution in [2.45, 2.75) is 0 Å². The predicted octanol–water partition coefficient (Wildman–Crippen LogP) is 0.679. The average Bonchev–Trinajstić information content (AvgIpc) is 2.81. The van der Waals surface area contributed by atoms with Gasteiger partial charge in [0, 0.05) is 6.07 Å². The zero-order chi connectivity index (χ0) is 10.7. The van der Waals surface area contributed by atoms with E-state index in [1.807, 2.05) is 6.07 Å². The maximum atomic E-state index is 5.14. The monoisotopic (exact) mass is 206 g/mol. The standard InChI is InChI=1S/C9H10N4O2/c1-14-8-4-3-7(9(12-8)15-2)13-5-10-11-6-13/h3-6H,1-2H3. The fourth-order valence-corrected chi connectivity index (χ4v) is 1.20. The molecule has 78 valence electrons. The molecule has 0 fully saturated rings. The number of pyridine rings is 1. The van der Waals surface area contributed by atoms with Crippen molar-refractivity contribution in [1.29, 1.82) is 0 Å². The Labute approximate surface area is 86.5 Å². The molecule has 0 unspecified atom stereocenters. The number of rotatable bonds is 3. The first-order valence-electron chi connectivity index (χ1n) is 4.29. The first-order valence-corrected chi connectivity index (χ1v) is 4.29. The van der Waals surface area contributed by atoms with Crippen molar-refractivity contribution >= 4 is 0 Å². The zero-order valence-corrected chi connectivity index (χ0v) is 8.41. The van der Waals surface area contributed by atoms with Crippen LogP contribution in [-0.4, -0.2) is 34.0 Å². The Hall–Kier alpha value is -2.11. The Kier molecular flexibility index (Phi) is 2.49. The van der Waals surface area contributed by atoms with E-state index in [0.717, 1.165) is 5.69 Å². The lowest BCUT2D eigenvalue weighted by molar-refractivity contribution is 0.363. The molecule has 2 aromatic rings. The highest BCUT2D eigenvalue weighted by atomic mass is 16.5. The van der Waals surface area contributed by atoms with E-state index in [4.69, 9.17) is 9.47 Å². The molecule has 0 spiro atoms. The molecule has 15 heavy (non-hydrogen) atoms. The van der Waals surface area contributed by atoms with Gasteiger partial charge < -0.3 is 9.47 Å². The van der Waals surface area contributed by atoms with Crippen LogP contribution in [0.3, 0.4) is 0 Å². The summed E-state index contributed by atoms with van der Waals surface area (Å²) in [6, 6.07) is 3.58. The van der Waals surface area contributed by atoms with Gasteiger partial charge in [-0.05, 0) is 6.07 Å². The smallest absolute Gasteiger partial charge is 0.241 e. The molecule has 2 rings (SSSR count). The molecule has 0 bridgehead atoms. The molecule has 6 heteroatoms. The predicted molar refractivity (Wildman–Crippen MR) is 52.3 cm³/mol. The number of methoxy groups -OCH3 is 2. The maximum Gasteiger partial charge on any atom is 0.241 e. The summed E-state index contributed by atoms with van der Waals surface area (Å²) in [5.41, 5.74) is 0.767. The lowest BCUT2D eigenvalue weighted by Crippen LogP contribution is -1.99. The number of hydrogen-bond acceptors (Lipinski definition) is 5. The van der Waals surface area contributed by atoms with Crippen molar-refractivity contribution in [2.24, 2.45) is 0 Å². The maximum absolute atomic E-state index is 5.14. The van der Waals surface area contributed by atoms with Crippen LogP contribution in [0.25, 0.3) is 5.69 Å². The number of hydrogen-bond donors (Lipinski definition) is 0. The van der Waals surface area contributed by atoms with Crippen molar-refractivity contribution in [2.75, 3.05) is 14.2 Å². The topological polar surface area (TPSA) is 62.1 Å². The van der Waals surface area contributed by atoms with E-state index in [9.17, 15) is 0 Å². The quantitative estimate of drug-likeness (QED) is 0.739. The summed E-state index contributed by atoms with van der Waals surface area (Å²) < 4.78 is 11.9. The molecule has 0 amide bonds. The largest absolute Gasteiger partial charge is 0.481 e. The van der Waals surface area contributed by atoms with Gasteiger partial charge in [-0.1, -0.05) is 0 Å². The molecule has 0 aliphatic carbocycles. The van der Waals surface area contributed by atoms with Crippen molar-refractivity contribution in [3.8, 4) is 17.4 Å². The van der Waals surface area contributed by atoms with E-state index in [-0.39, 0.29) is 0 Å². The van der Waals surface area contributed by atoms with Crippen LogP contribution in [-0.2, 0) is 0 Å².